The summed E-state index contributed by atoms with van der Waals surface area (Å²) in [5.41, 5.74) is 0. The Hall–Kier alpha value is -2.01. The summed E-state index contributed by atoms with van der Waals surface area (Å²) in [5.74, 6) is -1.27. The van der Waals surface area contributed by atoms with Gasteiger partial charge >= 0.3 is 130 Å². The number of ether oxygens (including phenoxy) is 2. The Morgan fingerprint density at radius 1 is 1.09 bits per heavy atom. The van der Waals surface area contributed by atoms with Crippen LogP contribution in [0.3, 0.4) is 0 Å². The summed E-state index contributed by atoms with van der Waals surface area (Å²) in [5, 5.41) is 2.74. The van der Waals surface area contributed by atoms with Crippen LogP contribution in [0, 0.1) is 0 Å². The second kappa shape index (κ2) is 8.43. The van der Waals surface area contributed by atoms with Gasteiger partial charge in [-0.3, -0.25) is 0 Å². The third-order valence-corrected chi connectivity index (χ3v) is 4.10. The number of carbonyl (C=O) groups excluding carboxylic acids is 4. The van der Waals surface area contributed by atoms with E-state index in [1.54, 1.807) is 13.8 Å². The first-order valence-corrected chi connectivity index (χ1v) is 7.92. The molecular formula is C11H17CoN3O7. The Morgan fingerprint density at radius 2 is 1.50 bits per heavy atom. The van der Waals surface area contributed by atoms with Crippen molar-refractivity contribution < 1.29 is 46.3 Å². The molecule has 0 aromatic heterocycles. The first-order valence-electron chi connectivity index (χ1n) is 6.43. The molecule has 22 heavy (non-hydrogen) atoms. The SMILES string of the molecule is CCOC(=O)N[CH](NC(=O)OCC)[Co](=[O])[N]1C(=O)CCC1=O. The molecule has 2 N–H and O–H groups in total. The van der Waals surface area contributed by atoms with Crippen molar-refractivity contribution in [3.05, 3.63) is 0 Å². The fourth-order valence-electron chi connectivity index (χ4n) is 1.45. The van der Waals surface area contributed by atoms with Gasteiger partial charge in [0.2, 0.25) is 0 Å². The molecular weight excluding hydrogens is 345 g/mol. The third kappa shape index (κ3) is 4.77. The van der Waals surface area contributed by atoms with Crippen molar-refractivity contribution in [1.29, 1.82) is 0 Å². The van der Waals surface area contributed by atoms with E-state index in [9.17, 15) is 23.0 Å². The van der Waals surface area contributed by atoms with Gasteiger partial charge in [0, 0.05) is 0 Å². The topological polar surface area (TPSA) is 131 Å². The molecule has 127 valence electrons. The average Bonchev–Trinajstić information content (AvgIpc) is 2.77. The van der Waals surface area contributed by atoms with Crippen molar-refractivity contribution in [1.82, 2.24) is 14.6 Å². The minimum atomic E-state index is -2.72. The summed E-state index contributed by atoms with van der Waals surface area (Å²) in [4.78, 5) is 46.0. The van der Waals surface area contributed by atoms with Crippen molar-refractivity contribution in [2.45, 2.75) is 31.8 Å². The standard InChI is InChI=1S/C7H13N2O4.C4H5NO2.Co.O/c1-3-12-6(10)8-5-9-7(11)13-4-2;6-3-1-2-4(7)5-3;;/h5H,3-4H2,1-2H3,(H,8,10)(H,9,11);1-2H2,(H,5,6,7);;/q;;+1;/p-1. The van der Waals surface area contributed by atoms with E-state index in [0.29, 0.717) is 3.95 Å². The van der Waals surface area contributed by atoms with Crippen LogP contribution in [0.1, 0.15) is 26.7 Å². The van der Waals surface area contributed by atoms with E-state index < -0.39 is 42.9 Å². The second-order valence-electron chi connectivity index (χ2n) is 3.84. The van der Waals surface area contributed by atoms with Gasteiger partial charge in [-0.25, -0.2) is 0 Å². The fraction of sp³-hybridized carbons (Fsp3) is 0.636. The van der Waals surface area contributed by atoms with Crippen molar-refractivity contribution in [2.24, 2.45) is 0 Å². The summed E-state index contributed by atoms with van der Waals surface area (Å²) in [6.45, 7) is 3.22. The molecule has 0 aliphatic carbocycles. The van der Waals surface area contributed by atoms with E-state index in [0.717, 1.165) is 0 Å². The van der Waals surface area contributed by atoms with Crippen LogP contribution in [0.2, 0.25) is 0 Å². The molecule has 1 fully saturated rings. The molecule has 11 heteroatoms. The van der Waals surface area contributed by atoms with Crippen LogP contribution >= 0.6 is 0 Å². The number of nitrogens with one attached hydrogen (secondary N) is 2. The van der Waals surface area contributed by atoms with E-state index in [2.05, 4.69) is 20.1 Å². The van der Waals surface area contributed by atoms with Crippen LogP contribution in [0.25, 0.3) is 0 Å². The quantitative estimate of drug-likeness (QED) is 0.494. The van der Waals surface area contributed by atoms with Gasteiger partial charge in [0.1, 0.15) is 0 Å². The first-order chi connectivity index (χ1) is 10.4. The van der Waals surface area contributed by atoms with Crippen LogP contribution in [-0.2, 0) is 36.7 Å². The molecule has 1 aliphatic heterocycles. The van der Waals surface area contributed by atoms with Crippen LogP contribution in [0.15, 0.2) is 0 Å². The number of hydrogen-bond acceptors (Lipinski definition) is 7. The molecule has 0 aromatic rings. The van der Waals surface area contributed by atoms with E-state index in [1.807, 2.05) is 0 Å². The van der Waals surface area contributed by atoms with Gasteiger partial charge in [-0.05, 0) is 0 Å². The predicted octanol–water partition coefficient (Wildman–Crippen LogP) is -0.210. The number of rotatable bonds is 6. The number of carbonyl (C=O) groups is 4. The van der Waals surface area contributed by atoms with E-state index in [4.69, 9.17) is 0 Å². The average molecular weight is 362 g/mol. The summed E-state index contributed by atoms with van der Waals surface area (Å²) >= 11 is -2.72. The third-order valence-electron chi connectivity index (χ3n) is 2.31. The molecule has 1 heterocycles. The van der Waals surface area contributed by atoms with Gasteiger partial charge in [-0.2, -0.15) is 0 Å². The summed E-state index contributed by atoms with van der Waals surface area (Å²) < 4.78 is 22.1. The van der Waals surface area contributed by atoms with Crippen LogP contribution in [0.4, 0.5) is 9.59 Å². The van der Waals surface area contributed by atoms with Crippen molar-refractivity contribution in [2.75, 3.05) is 13.2 Å². The van der Waals surface area contributed by atoms with E-state index in [1.165, 1.54) is 0 Å². The van der Waals surface area contributed by atoms with Gasteiger partial charge in [-0.15, -0.1) is 0 Å². The summed E-state index contributed by atoms with van der Waals surface area (Å²) in [6, 6.07) is 0. The Labute approximate surface area is 130 Å². The zero-order chi connectivity index (χ0) is 16.7. The molecule has 0 atom stereocenters. The number of imide groups is 1. The zero-order valence-electron chi connectivity index (χ0n) is 12.0. The number of alkyl carbamates (subject to hydrolysis) is 2. The molecule has 10 nitrogen and oxygen atoms in total. The van der Waals surface area contributed by atoms with Gasteiger partial charge < -0.3 is 0 Å². The monoisotopic (exact) mass is 362 g/mol. The fourth-order valence-corrected chi connectivity index (χ4v) is 2.97. The predicted molar refractivity (Wildman–Crippen MR) is 65.9 cm³/mol. The second-order valence-corrected chi connectivity index (χ2v) is 5.61. The Balaban J connectivity index is 2.85. The zero-order valence-corrected chi connectivity index (χ0v) is 13.1. The maximum absolute atomic E-state index is 12.3. The molecule has 0 spiro atoms. The Morgan fingerprint density at radius 3 is 1.86 bits per heavy atom. The first kappa shape index (κ1) is 18.0. The molecule has 0 radical (unpaired) electrons. The normalized spacial score (nSPS) is 14.9. The minimum absolute atomic E-state index is 0.0516. The van der Waals surface area contributed by atoms with Gasteiger partial charge in [0.25, 0.3) is 0 Å². The summed E-state index contributed by atoms with van der Waals surface area (Å²) in [7, 11) is 0. The molecule has 4 amide bonds. The van der Waals surface area contributed by atoms with Crippen LogP contribution < -0.4 is 10.6 Å². The molecule has 1 saturated heterocycles. The van der Waals surface area contributed by atoms with Gasteiger partial charge in [0.05, 0.1) is 0 Å². The Kier molecular flexibility index (Phi) is 6.91. The van der Waals surface area contributed by atoms with Crippen molar-refractivity contribution in [3.63, 3.8) is 0 Å². The van der Waals surface area contributed by atoms with Gasteiger partial charge in [0.15, 0.2) is 0 Å². The van der Waals surface area contributed by atoms with Gasteiger partial charge in [-0.1, -0.05) is 0 Å². The number of amides is 4. The Bertz CT molecular complexity index is 460. The molecule has 1 aliphatic rings. The molecule has 0 unspecified atom stereocenters. The summed E-state index contributed by atoms with van der Waals surface area (Å²) in [6.07, 6.45) is -2.03. The molecule has 0 aromatic carbocycles. The maximum atomic E-state index is 12.3. The van der Waals surface area contributed by atoms with Crippen LogP contribution in [0.5, 0.6) is 0 Å². The van der Waals surface area contributed by atoms with Crippen molar-refractivity contribution >= 4 is 24.0 Å². The number of nitrogens with zero attached hydrogens (tertiary/aromatic N) is 1. The van der Waals surface area contributed by atoms with Crippen molar-refractivity contribution in [3.8, 4) is 0 Å². The molecule has 0 saturated carbocycles. The molecule has 1 rings (SSSR count). The van der Waals surface area contributed by atoms with E-state index >= 15 is 0 Å². The number of hydrogen-bond donors (Lipinski definition) is 2. The van der Waals surface area contributed by atoms with Crippen LogP contribution in [-0.4, -0.2) is 46.3 Å². The molecule has 0 bridgehead atoms. The van der Waals surface area contributed by atoms with E-state index in [-0.39, 0.29) is 26.1 Å².